The predicted octanol–water partition coefficient (Wildman–Crippen LogP) is 7.50. The second-order valence-corrected chi connectivity index (χ2v) is 15.8. The third kappa shape index (κ3) is 5.75. The fraction of sp³-hybridized carbons (Fsp3) is 0.273. The van der Waals surface area contributed by atoms with Crippen molar-refractivity contribution < 1.29 is 47.6 Å². The van der Waals surface area contributed by atoms with Crippen LogP contribution in [0.15, 0.2) is 90.5 Å². The summed E-state index contributed by atoms with van der Waals surface area (Å²) in [5.41, 5.74) is 2.85. The molecule has 4 aromatic rings. The first-order valence-corrected chi connectivity index (χ1v) is 19.1. The Morgan fingerprint density at radius 3 is 1.97 bits per heavy atom. The van der Waals surface area contributed by atoms with Gasteiger partial charge in [-0.15, -0.1) is 23.2 Å². The molecule has 2 aliphatic carbocycles. The van der Waals surface area contributed by atoms with E-state index in [1.165, 1.54) is 43.4 Å². The Balaban J connectivity index is 1.18. The first-order valence-electron chi connectivity index (χ1n) is 18.4. The van der Waals surface area contributed by atoms with Gasteiger partial charge in [0.2, 0.25) is 17.6 Å². The number of hydrogen-bond acceptors (Lipinski definition) is 9. The average molecular weight is 828 g/mol. The number of amides is 4. The number of allylic oxidation sites excluding steroid dienone is 2. The summed E-state index contributed by atoms with van der Waals surface area (Å²) >= 11 is 15.0. The summed E-state index contributed by atoms with van der Waals surface area (Å²) in [5, 5.41) is 10.8. The van der Waals surface area contributed by atoms with Crippen LogP contribution in [0.4, 0.5) is 15.8 Å². The summed E-state index contributed by atoms with van der Waals surface area (Å²) in [6.45, 7) is 0. The number of ether oxygens (including phenoxy) is 4. The number of halogens is 3. The number of carbonyl (C=O) groups excluding carboxylic acids is 4. The van der Waals surface area contributed by atoms with Crippen LogP contribution in [0.3, 0.4) is 0 Å². The first-order chi connectivity index (χ1) is 27.8. The topological polar surface area (TPSA) is 132 Å². The van der Waals surface area contributed by atoms with Gasteiger partial charge in [0, 0.05) is 11.5 Å². The molecule has 0 unspecified atom stereocenters. The molecule has 0 spiro atoms. The zero-order valence-electron chi connectivity index (χ0n) is 31.7. The van der Waals surface area contributed by atoms with Crippen molar-refractivity contribution in [2.24, 2.45) is 17.8 Å². The van der Waals surface area contributed by atoms with E-state index >= 15 is 0 Å². The van der Waals surface area contributed by atoms with Gasteiger partial charge < -0.3 is 24.1 Å². The number of benzene rings is 4. The minimum absolute atomic E-state index is 0.00224. The molecule has 4 amide bonds. The minimum atomic E-state index is -2.19. The Morgan fingerprint density at radius 2 is 1.34 bits per heavy atom. The van der Waals surface area contributed by atoms with Gasteiger partial charge >= 0.3 is 0 Å². The number of aromatic hydroxyl groups is 1. The smallest absolute Gasteiger partial charge is 0.258 e. The second kappa shape index (κ2) is 14.5. The summed E-state index contributed by atoms with van der Waals surface area (Å²) in [6, 6.07) is 20.1. The van der Waals surface area contributed by atoms with Crippen LogP contribution < -0.4 is 28.7 Å². The monoisotopic (exact) mass is 826 g/mol. The highest BCUT2D eigenvalue weighted by Crippen LogP contribution is 2.66. The van der Waals surface area contributed by atoms with E-state index < -0.39 is 62.9 Å². The molecule has 4 aromatic carbocycles. The zero-order chi connectivity index (χ0) is 41.3. The summed E-state index contributed by atoms with van der Waals surface area (Å²) in [5.74, 6) is -5.94. The maximum absolute atomic E-state index is 14.7. The molecule has 1 N–H and O–H groups in total. The lowest BCUT2D eigenvalue weighted by Crippen LogP contribution is -2.60. The molecular formula is C44H37Cl2FN2O9. The van der Waals surface area contributed by atoms with Gasteiger partial charge in [0.05, 0.1) is 51.6 Å². The number of anilines is 2. The normalized spacial score (nSPS) is 26.4. The van der Waals surface area contributed by atoms with E-state index in [0.29, 0.717) is 28.3 Å². The van der Waals surface area contributed by atoms with Crippen LogP contribution in [0.5, 0.6) is 28.7 Å². The van der Waals surface area contributed by atoms with Gasteiger partial charge in [0.15, 0.2) is 21.2 Å². The molecule has 4 aliphatic rings. The number of rotatable bonds is 9. The van der Waals surface area contributed by atoms with E-state index in [0.717, 1.165) is 28.2 Å². The molecule has 2 aliphatic heterocycles. The number of imide groups is 2. The van der Waals surface area contributed by atoms with Crippen LogP contribution in [-0.4, -0.2) is 66.9 Å². The fourth-order valence-electron chi connectivity index (χ4n) is 9.00. The van der Waals surface area contributed by atoms with Crippen molar-refractivity contribution in [1.29, 1.82) is 0 Å². The Morgan fingerprint density at radius 1 is 0.724 bits per heavy atom. The molecule has 0 radical (unpaired) electrons. The number of nitrogens with zero attached hydrogens (tertiary/aromatic N) is 2. The number of alkyl halides is 2. The van der Waals surface area contributed by atoms with Crippen molar-refractivity contribution >= 4 is 70.4 Å². The van der Waals surface area contributed by atoms with Crippen LogP contribution in [0.2, 0.25) is 0 Å². The quantitative estimate of drug-likeness (QED) is 0.0789. The van der Waals surface area contributed by atoms with Gasteiger partial charge in [-0.2, -0.15) is 0 Å². The SMILES string of the molecule is COc1ccc(OC)c(C=Cc2ccc(N3C(=O)[C@H]4[C@H](CC=C5[C@H]4C[C@@]4(Cl)C(=O)N(c6ccc(F)cc6)C(=O)[C@@]4(Cl)[C@H]5c4cc(OC)c(O)c(OC)c4)C3=O)cc2)c1. The molecule has 58 heavy (non-hydrogen) atoms. The van der Waals surface area contributed by atoms with Gasteiger partial charge in [0.25, 0.3) is 11.8 Å². The summed E-state index contributed by atoms with van der Waals surface area (Å²) in [7, 11) is 5.84. The van der Waals surface area contributed by atoms with Crippen LogP contribution in [0.25, 0.3) is 12.2 Å². The van der Waals surface area contributed by atoms with E-state index in [1.807, 2.05) is 18.2 Å². The molecule has 0 bridgehead atoms. The average Bonchev–Trinajstić information content (AvgIpc) is 3.57. The predicted molar refractivity (Wildman–Crippen MR) is 215 cm³/mol. The van der Waals surface area contributed by atoms with Crippen LogP contribution in [0.1, 0.15) is 35.4 Å². The Hall–Kier alpha value is -5.85. The molecule has 0 aromatic heterocycles. The third-order valence-electron chi connectivity index (χ3n) is 11.8. The summed E-state index contributed by atoms with van der Waals surface area (Å²) in [4.78, 5) is 55.8. The van der Waals surface area contributed by atoms with Crippen molar-refractivity contribution in [3.05, 3.63) is 113 Å². The lowest BCUT2D eigenvalue weighted by molar-refractivity contribution is -0.125. The van der Waals surface area contributed by atoms with Crippen molar-refractivity contribution in [3.63, 3.8) is 0 Å². The second-order valence-electron chi connectivity index (χ2n) is 14.6. The molecule has 2 heterocycles. The number of phenols is 1. The highest BCUT2D eigenvalue weighted by atomic mass is 35.5. The van der Waals surface area contributed by atoms with E-state index in [1.54, 1.807) is 56.7 Å². The fourth-order valence-corrected chi connectivity index (χ4v) is 9.93. The van der Waals surface area contributed by atoms with Gasteiger partial charge in [-0.3, -0.25) is 24.1 Å². The molecule has 3 fully saturated rings. The van der Waals surface area contributed by atoms with Crippen LogP contribution in [-0.2, 0) is 19.2 Å². The Labute approximate surface area is 343 Å². The molecule has 298 valence electrons. The van der Waals surface area contributed by atoms with Gasteiger partial charge in [-0.1, -0.05) is 35.9 Å². The van der Waals surface area contributed by atoms with Gasteiger partial charge in [-0.25, -0.2) is 9.29 Å². The third-order valence-corrected chi connectivity index (χ3v) is 13.2. The van der Waals surface area contributed by atoms with Crippen molar-refractivity contribution in [2.75, 3.05) is 38.2 Å². The maximum atomic E-state index is 14.7. The summed E-state index contributed by atoms with van der Waals surface area (Å²) in [6.07, 6.45) is 5.41. The number of hydrogen-bond donors (Lipinski definition) is 1. The van der Waals surface area contributed by atoms with Crippen molar-refractivity contribution in [2.45, 2.75) is 28.5 Å². The number of carbonyl (C=O) groups is 4. The number of methoxy groups -OCH3 is 4. The molecule has 14 heteroatoms. The molecule has 8 rings (SSSR count). The molecule has 11 nitrogen and oxygen atoms in total. The first kappa shape index (κ1) is 39.0. The van der Waals surface area contributed by atoms with Crippen LogP contribution in [0, 0.1) is 23.6 Å². The standard InChI is InChI=1S/C44H37Cl2FN2O9/c1-55-29-15-18-33(56-2)24(19-29)8-5-23-6-11-27(12-7-23)48-39(51)31-17-16-30-32(36(31)40(48)52)22-43(45)41(53)49(28-13-9-26(47)10-14-28)42(54)44(43,46)37(30)25-20-34(57-3)38(50)35(21-25)58-4/h5-16,18-21,31-32,36-37,50H,17,22H2,1-4H3/t31-,32+,36-,37-,43+,44-/m0/s1. The molecule has 2 saturated heterocycles. The van der Waals surface area contributed by atoms with E-state index in [-0.39, 0.29) is 35.8 Å². The highest BCUT2D eigenvalue weighted by Gasteiger charge is 2.76. The Kier molecular flexibility index (Phi) is 9.76. The summed E-state index contributed by atoms with van der Waals surface area (Å²) < 4.78 is 35.8. The lowest BCUT2D eigenvalue weighted by atomic mass is 9.56. The van der Waals surface area contributed by atoms with E-state index in [9.17, 15) is 28.7 Å². The van der Waals surface area contributed by atoms with E-state index in [4.69, 9.17) is 42.1 Å². The van der Waals surface area contributed by atoms with Crippen LogP contribution >= 0.6 is 23.2 Å². The molecule has 1 saturated carbocycles. The zero-order valence-corrected chi connectivity index (χ0v) is 33.2. The number of phenolic OH excluding ortho intramolecular Hbond substituents is 1. The molecule has 6 atom stereocenters. The highest BCUT2D eigenvalue weighted by molar-refractivity contribution is 6.58. The largest absolute Gasteiger partial charge is 0.502 e. The van der Waals surface area contributed by atoms with Crippen molar-refractivity contribution in [3.8, 4) is 28.7 Å². The lowest BCUT2D eigenvalue weighted by Gasteiger charge is -2.50. The van der Waals surface area contributed by atoms with Gasteiger partial charge in [-0.05, 0) is 96.6 Å². The maximum Gasteiger partial charge on any atom is 0.258 e. The molecular weight excluding hydrogens is 790 g/mol. The minimum Gasteiger partial charge on any atom is -0.502 e. The van der Waals surface area contributed by atoms with Crippen molar-refractivity contribution in [1.82, 2.24) is 0 Å². The van der Waals surface area contributed by atoms with E-state index in [2.05, 4.69) is 0 Å². The number of fused-ring (bicyclic) bond motifs is 4. The Bertz CT molecular complexity index is 2410. The van der Waals surface area contributed by atoms with Gasteiger partial charge in [0.1, 0.15) is 17.3 Å².